The highest BCUT2D eigenvalue weighted by Gasteiger charge is 1.98. The van der Waals surface area contributed by atoms with E-state index in [0.29, 0.717) is 5.69 Å². The smallest absolute Gasteiger partial charge is 0.240 e. The fourth-order valence-corrected chi connectivity index (χ4v) is 1.09. The normalized spacial score (nSPS) is 9.67. The first-order chi connectivity index (χ1) is 5.92. The van der Waals surface area contributed by atoms with Crippen LogP contribution in [0.4, 0.5) is 5.69 Å². The average Bonchev–Trinajstić information content (AvgIpc) is 2.50. The topological polar surface area (TPSA) is 46.7 Å². The van der Waals surface area contributed by atoms with Gasteiger partial charge in [-0.3, -0.25) is 0 Å². The Labute approximate surface area is 68.2 Å². The SMILES string of the molecule is O=C=Nc1ccn2cnccc12. The van der Waals surface area contributed by atoms with Crippen LogP contribution in [0.2, 0.25) is 0 Å². The number of aliphatic imine (C=N–C) groups is 1. The third-order valence-corrected chi connectivity index (χ3v) is 1.61. The van der Waals surface area contributed by atoms with E-state index in [1.54, 1.807) is 35.3 Å². The Morgan fingerprint density at radius 1 is 1.50 bits per heavy atom. The number of nitrogens with zero attached hydrogens (tertiary/aromatic N) is 3. The lowest BCUT2D eigenvalue weighted by Gasteiger charge is -1.90. The molecule has 0 saturated carbocycles. The molecule has 0 aromatic carbocycles. The molecule has 0 saturated heterocycles. The molecule has 0 bridgehead atoms. The molecule has 0 atom stereocenters. The van der Waals surface area contributed by atoms with E-state index in [-0.39, 0.29) is 0 Å². The minimum atomic E-state index is 0.618. The molecule has 58 valence electrons. The molecule has 2 rings (SSSR count). The molecule has 2 aromatic heterocycles. The van der Waals surface area contributed by atoms with Gasteiger partial charge in [-0.05, 0) is 12.1 Å². The Kier molecular flexibility index (Phi) is 1.47. The minimum absolute atomic E-state index is 0.618. The molecular formula is C8H5N3O. The minimum Gasteiger partial charge on any atom is -0.306 e. The number of fused-ring (bicyclic) bond motifs is 1. The van der Waals surface area contributed by atoms with Crippen molar-refractivity contribution in [3.63, 3.8) is 0 Å². The van der Waals surface area contributed by atoms with Crippen molar-refractivity contribution in [3.8, 4) is 0 Å². The molecule has 0 N–H and O–H groups in total. The highest BCUT2D eigenvalue weighted by molar-refractivity contribution is 5.71. The monoisotopic (exact) mass is 159 g/mol. The highest BCUT2D eigenvalue weighted by Crippen LogP contribution is 2.19. The Morgan fingerprint density at radius 3 is 3.25 bits per heavy atom. The predicted molar refractivity (Wildman–Crippen MR) is 43.0 cm³/mol. The standard InChI is InChI=1S/C8H5N3O/c12-6-10-7-2-4-11-5-9-3-1-8(7)11/h1-5H. The predicted octanol–water partition coefficient (Wildman–Crippen LogP) is 1.30. The van der Waals surface area contributed by atoms with Gasteiger partial charge in [0.1, 0.15) is 5.69 Å². The van der Waals surface area contributed by atoms with Crippen molar-refractivity contribution < 1.29 is 4.79 Å². The van der Waals surface area contributed by atoms with Crippen LogP contribution in [0.3, 0.4) is 0 Å². The first kappa shape index (κ1) is 6.76. The second-order valence-electron chi connectivity index (χ2n) is 2.28. The number of carbonyl (C=O) groups excluding carboxylic acids is 1. The van der Waals surface area contributed by atoms with Crippen molar-refractivity contribution in [2.45, 2.75) is 0 Å². The summed E-state index contributed by atoms with van der Waals surface area (Å²) >= 11 is 0. The van der Waals surface area contributed by atoms with Crippen LogP contribution in [0.25, 0.3) is 5.52 Å². The summed E-state index contributed by atoms with van der Waals surface area (Å²) in [4.78, 5) is 17.4. The summed E-state index contributed by atoms with van der Waals surface area (Å²) in [6, 6.07) is 3.53. The van der Waals surface area contributed by atoms with Gasteiger partial charge in [0, 0.05) is 12.4 Å². The summed E-state index contributed by atoms with van der Waals surface area (Å²) in [5, 5.41) is 0. The maximum absolute atomic E-state index is 10.00. The third kappa shape index (κ3) is 0.909. The van der Waals surface area contributed by atoms with Gasteiger partial charge in [0.05, 0.1) is 11.8 Å². The fourth-order valence-electron chi connectivity index (χ4n) is 1.09. The van der Waals surface area contributed by atoms with E-state index < -0.39 is 0 Å². The molecule has 2 heterocycles. The molecule has 4 nitrogen and oxygen atoms in total. The number of aromatic nitrogens is 2. The molecule has 0 amide bonds. The average molecular weight is 159 g/mol. The van der Waals surface area contributed by atoms with Gasteiger partial charge in [-0.2, -0.15) is 4.99 Å². The molecule has 4 heteroatoms. The summed E-state index contributed by atoms with van der Waals surface area (Å²) in [7, 11) is 0. The van der Waals surface area contributed by atoms with E-state index in [1.165, 1.54) is 6.08 Å². The van der Waals surface area contributed by atoms with Crippen LogP contribution in [0.15, 0.2) is 35.8 Å². The Bertz CT molecular complexity index is 454. The zero-order valence-corrected chi connectivity index (χ0v) is 6.14. The highest BCUT2D eigenvalue weighted by atomic mass is 16.1. The van der Waals surface area contributed by atoms with Crippen molar-refractivity contribution in [2.75, 3.05) is 0 Å². The van der Waals surface area contributed by atoms with Gasteiger partial charge in [0.2, 0.25) is 6.08 Å². The fraction of sp³-hybridized carbons (Fsp3) is 0. The molecule has 0 spiro atoms. The molecule has 0 aliphatic carbocycles. The summed E-state index contributed by atoms with van der Waals surface area (Å²) < 4.78 is 1.79. The lowest BCUT2D eigenvalue weighted by Crippen LogP contribution is -1.81. The van der Waals surface area contributed by atoms with Crippen LogP contribution < -0.4 is 0 Å². The third-order valence-electron chi connectivity index (χ3n) is 1.61. The van der Waals surface area contributed by atoms with E-state index in [2.05, 4.69) is 9.98 Å². The van der Waals surface area contributed by atoms with Gasteiger partial charge in [-0.25, -0.2) is 9.78 Å². The van der Waals surface area contributed by atoms with E-state index in [1.807, 2.05) is 0 Å². The van der Waals surface area contributed by atoms with E-state index >= 15 is 0 Å². The molecule has 0 aliphatic rings. The molecule has 2 aromatic rings. The first-order valence-corrected chi connectivity index (χ1v) is 3.40. The van der Waals surface area contributed by atoms with Gasteiger partial charge in [-0.15, -0.1) is 0 Å². The van der Waals surface area contributed by atoms with Crippen molar-refractivity contribution >= 4 is 17.3 Å². The second kappa shape index (κ2) is 2.60. The van der Waals surface area contributed by atoms with Crippen molar-refractivity contribution in [3.05, 3.63) is 30.9 Å². The van der Waals surface area contributed by atoms with Gasteiger partial charge in [-0.1, -0.05) is 0 Å². The second-order valence-corrected chi connectivity index (χ2v) is 2.28. The number of hydrogen-bond donors (Lipinski definition) is 0. The lowest BCUT2D eigenvalue weighted by atomic mass is 10.4. The van der Waals surface area contributed by atoms with Crippen LogP contribution in [0, 0.1) is 0 Å². The van der Waals surface area contributed by atoms with Crippen molar-refractivity contribution in [1.82, 2.24) is 9.38 Å². The molecule has 0 unspecified atom stereocenters. The van der Waals surface area contributed by atoms with E-state index in [4.69, 9.17) is 0 Å². The summed E-state index contributed by atoms with van der Waals surface area (Å²) in [5.74, 6) is 0. The van der Waals surface area contributed by atoms with Crippen LogP contribution in [-0.2, 0) is 4.79 Å². The zero-order chi connectivity index (χ0) is 8.39. The van der Waals surface area contributed by atoms with Crippen LogP contribution >= 0.6 is 0 Å². The first-order valence-electron chi connectivity index (χ1n) is 3.40. The maximum Gasteiger partial charge on any atom is 0.240 e. The van der Waals surface area contributed by atoms with E-state index in [9.17, 15) is 4.79 Å². The molecular weight excluding hydrogens is 154 g/mol. The Hall–Kier alpha value is -1.93. The van der Waals surface area contributed by atoms with Gasteiger partial charge in [0.15, 0.2) is 0 Å². The summed E-state index contributed by atoms with van der Waals surface area (Å²) in [6.45, 7) is 0. The molecule has 0 aliphatic heterocycles. The van der Waals surface area contributed by atoms with Crippen molar-refractivity contribution in [2.24, 2.45) is 4.99 Å². The van der Waals surface area contributed by atoms with Crippen LogP contribution in [0.5, 0.6) is 0 Å². The van der Waals surface area contributed by atoms with E-state index in [0.717, 1.165) is 5.52 Å². The Balaban J connectivity index is 2.78. The van der Waals surface area contributed by atoms with Crippen LogP contribution in [-0.4, -0.2) is 15.5 Å². The van der Waals surface area contributed by atoms with Gasteiger partial charge < -0.3 is 4.40 Å². The lowest BCUT2D eigenvalue weighted by molar-refractivity contribution is 0.565. The maximum atomic E-state index is 10.00. The quantitative estimate of drug-likeness (QED) is 0.465. The summed E-state index contributed by atoms with van der Waals surface area (Å²) in [5.41, 5.74) is 1.47. The zero-order valence-electron chi connectivity index (χ0n) is 6.14. The number of rotatable bonds is 1. The molecule has 0 fully saturated rings. The van der Waals surface area contributed by atoms with Gasteiger partial charge in [0.25, 0.3) is 0 Å². The molecule has 12 heavy (non-hydrogen) atoms. The summed E-state index contributed by atoms with van der Waals surface area (Å²) in [6.07, 6.45) is 6.60. The largest absolute Gasteiger partial charge is 0.306 e. The van der Waals surface area contributed by atoms with Crippen molar-refractivity contribution in [1.29, 1.82) is 0 Å². The Morgan fingerprint density at radius 2 is 2.42 bits per heavy atom. The molecule has 0 radical (unpaired) electrons. The van der Waals surface area contributed by atoms with Gasteiger partial charge >= 0.3 is 0 Å². The van der Waals surface area contributed by atoms with Crippen LogP contribution in [0.1, 0.15) is 0 Å². The number of isocyanates is 1. The number of hydrogen-bond acceptors (Lipinski definition) is 3.